The Morgan fingerprint density at radius 2 is 2.18 bits per heavy atom. The van der Waals surface area contributed by atoms with Gasteiger partial charge in [-0.2, -0.15) is 0 Å². The van der Waals surface area contributed by atoms with Gasteiger partial charge in [-0.25, -0.2) is 4.79 Å². The van der Waals surface area contributed by atoms with Crippen molar-refractivity contribution in [1.82, 2.24) is 0 Å². The number of hydrogen-bond acceptors (Lipinski definition) is 4. The quantitative estimate of drug-likeness (QED) is 0.680. The maximum absolute atomic E-state index is 11.6. The van der Waals surface area contributed by atoms with Crippen molar-refractivity contribution >= 4 is 44.1 Å². The van der Waals surface area contributed by atoms with Crippen LogP contribution in [0.25, 0.3) is 11.0 Å². The molecule has 88 valence electrons. The van der Waals surface area contributed by atoms with Gasteiger partial charge in [0.15, 0.2) is 11.3 Å². The van der Waals surface area contributed by atoms with Crippen LogP contribution in [0, 0.1) is 0 Å². The maximum Gasteiger partial charge on any atom is 0.346 e. The molecule has 0 spiro atoms. The first-order valence-corrected chi connectivity index (χ1v) is 5.84. The van der Waals surface area contributed by atoms with Gasteiger partial charge >= 0.3 is 5.63 Å². The molecule has 0 amide bonds. The molecule has 0 atom stereocenters. The molecule has 0 aliphatic rings. The highest BCUT2D eigenvalue weighted by Crippen LogP contribution is 2.29. The molecule has 0 unspecified atom stereocenters. The molecule has 0 aliphatic carbocycles. The molecule has 1 aromatic carbocycles. The fourth-order valence-corrected chi connectivity index (χ4v) is 2.09. The van der Waals surface area contributed by atoms with Crippen molar-refractivity contribution in [2.75, 3.05) is 7.11 Å². The summed E-state index contributed by atoms with van der Waals surface area (Å²) in [5.41, 5.74) is 5.44. The Morgan fingerprint density at radius 1 is 1.47 bits per heavy atom. The molecular weight excluding hydrogens is 306 g/mol. The van der Waals surface area contributed by atoms with Crippen molar-refractivity contribution in [3.05, 3.63) is 38.7 Å². The van der Waals surface area contributed by atoms with E-state index >= 15 is 0 Å². The van der Waals surface area contributed by atoms with E-state index in [1.165, 1.54) is 7.11 Å². The van der Waals surface area contributed by atoms with Gasteiger partial charge in [-0.3, -0.25) is 0 Å². The van der Waals surface area contributed by atoms with E-state index in [2.05, 4.69) is 15.9 Å². The Hall–Kier alpha value is -1.40. The van der Waals surface area contributed by atoms with Crippen LogP contribution in [-0.2, 0) is 0 Å². The molecule has 2 rings (SSSR count). The summed E-state index contributed by atoms with van der Waals surface area (Å²) in [5, 5.41) is 0.693. The van der Waals surface area contributed by atoms with Crippen LogP contribution >= 0.6 is 28.1 Å². The number of fused-ring (bicyclic) bond motifs is 1. The second-order valence-corrected chi connectivity index (χ2v) is 4.69. The molecule has 2 aromatic rings. The van der Waals surface area contributed by atoms with Gasteiger partial charge in [0.25, 0.3) is 0 Å². The molecule has 0 bridgehead atoms. The summed E-state index contributed by atoms with van der Waals surface area (Å²) in [6.45, 7) is 0. The van der Waals surface area contributed by atoms with Crippen molar-refractivity contribution in [3.8, 4) is 5.75 Å². The third-order valence-electron chi connectivity index (χ3n) is 2.25. The predicted octanol–water partition coefficient (Wildman–Crippen LogP) is 2.20. The second-order valence-electron chi connectivity index (χ2n) is 3.34. The van der Waals surface area contributed by atoms with Crippen molar-refractivity contribution in [2.45, 2.75) is 0 Å². The van der Waals surface area contributed by atoms with Crippen LogP contribution in [-0.4, -0.2) is 12.1 Å². The molecule has 1 heterocycles. The number of nitrogens with two attached hydrogens (primary N) is 1. The average Bonchev–Trinajstić information content (AvgIpc) is 2.27. The van der Waals surface area contributed by atoms with E-state index in [4.69, 9.17) is 27.1 Å². The Balaban J connectivity index is 2.87. The number of hydrogen-bond donors (Lipinski definition) is 1. The van der Waals surface area contributed by atoms with Gasteiger partial charge in [-0.15, -0.1) is 0 Å². The molecule has 0 saturated carbocycles. The first-order valence-electron chi connectivity index (χ1n) is 4.64. The number of halogens is 1. The third-order valence-corrected chi connectivity index (χ3v) is 2.93. The van der Waals surface area contributed by atoms with Gasteiger partial charge < -0.3 is 14.9 Å². The number of benzene rings is 1. The minimum absolute atomic E-state index is 0.0135. The van der Waals surface area contributed by atoms with Gasteiger partial charge in [0.05, 0.1) is 12.7 Å². The Labute approximate surface area is 110 Å². The van der Waals surface area contributed by atoms with E-state index in [1.54, 1.807) is 18.2 Å². The van der Waals surface area contributed by atoms with Crippen molar-refractivity contribution in [1.29, 1.82) is 0 Å². The van der Waals surface area contributed by atoms with Gasteiger partial charge in [0, 0.05) is 9.86 Å². The number of methoxy groups -OCH3 is 1. The summed E-state index contributed by atoms with van der Waals surface area (Å²) in [6, 6.07) is 5.10. The molecular formula is C11H8BrNO3S. The molecule has 0 aliphatic heterocycles. The fourth-order valence-electron chi connectivity index (χ4n) is 1.49. The monoisotopic (exact) mass is 313 g/mol. The van der Waals surface area contributed by atoms with Gasteiger partial charge in [-0.1, -0.05) is 28.1 Å². The summed E-state index contributed by atoms with van der Waals surface area (Å²) in [5.74, 6) is 0.473. The van der Waals surface area contributed by atoms with Crippen LogP contribution in [0.4, 0.5) is 0 Å². The zero-order chi connectivity index (χ0) is 12.6. The van der Waals surface area contributed by atoms with Crippen LogP contribution < -0.4 is 16.1 Å². The van der Waals surface area contributed by atoms with E-state index in [1.807, 2.05) is 0 Å². The highest BCUT2D eigenvalue weighted by atomic mass is 79.9. The topological polar surface area (TPSA) is 65.5 Å². The number of rotatable bonds is 2. The zero-order valence-corrected chi connectivity index (χ0v) is 11.2. The van der Waals surface area contributed by atoms with E-state index in [-0.39, 0.29) is 10.6 Å². The molecule has 0 fully saturated rings. The summed E-state index contributed by atoms with van der Waals surface area (Å²) in [7, 11) is 1.50. The summed E-state index contributed by atoms with van der Waals surface area (Å²) >= 11 is 8.12. The summed E-state index contributed by atoms with van der Waals surface area (Å²) in [4.78, 5) is 11.6. The van der Waals surface area contributed by atoms with Gasteiger partial charge in [0.1, 0.15) is 4.99 Å². The van der Waals surface area contributed by atoms with Crippen LogP contribution in [0.15, 0.2) is 31.9 Å². The van der Waals surface area contributed by atoms with Gasteiger partial charge in [-0.05, 0) is 18.2 Å². The largest absolute Gasteiger partial charge is 0.493 e. The maximum atomic E-state index is 11.6. The minimum atomic E-state index is -0.564. The lowest BCUT2D eigenvalue weighted by molar-refractivity contribution is 0.406. The summed E-state index contributed by atoms with van der Waals surface area (Å²) < 4.78 is 11.1. The molecule has 1 aromatic heterocycles. The molecule has 2 N–H and O–H groups in total. The van der Waals surface area contributed by atoms with Crippen molar-refractivity contribution in [2.24, 2.45) is 5.73 Å². The van der Waals surface area contributed by atoms with Crippen LogP contribution in [0.3, 0.4) is 0 Å². The lowest BCUT2D eigenvalue weighted by Gasteiger charge is -2.06. The van der Waals surface area contributed by atoms with E-state index < -0.39 is 5.63 Å². The van der Waals surface area contributed by atoms with E-state index in [9.17, 15) is 4.79 Å². The third kappa shape index (κ3) is 2.18. The van der Waals surface area contributed by atoms with Gasteiger partial charge in [0.2, 0.25) is 0 Å². The molecule has 17 heavy (non-hydrogen) atoms. The fraction of sp³-hybridized carbons (Fsp3) is 0.0909. The first-order chi connectivity index (χ1) is 8.02. The Kier molecular flexibility index (Phi) is 3.17. The Morgan fingerprint density at radius 3 is 2.76 bits per heavy atom. The number of ether oxygens (including phenoxy) is 1. The number of thiocarbonyl (C=S) groups is 1. The van der Waals surface area contributed by atoms with Crippen LogP contribution in [0.5, 0.6) is 5.75 Å². The van der Waals surface area contributed by atoms with Crippen molar-refractivity contribution in [3.63, 3.8) is 0 Å². The minimum Gasteiger partial charge on any atom is -0.493 e. The molecule has 0 radical (unpaired) electrons. The predicted molar refractivity (Wildman–Crippen MR) is 72.6 cm³/mol. The molecule has 6 heteroatoms. The highest BCUT2D eigenvalue weighted by molar-refractivity contribution is 9.10. The normalized spacial score (nSPS) is 10.5. The van der Waals surface area contributed by atoms with Crippen molar-refractivity contribution < 1.29 is 9.15 Å². The Bertz CT molecular complexity index is 666. The lowest BCUT2D eigenvalue weighted by atomic mass is 10.2. The van der Waals surface area contributed by atoms with E-state index in [0.29, 0.717) is 16.7 Å². The van der Waals surface area contributed by atoms with Crippen LogP contribution in [0.2, 0.25) is 0 Å². The summed E-state index contributed by atoms with van der Waals surface area (Å²) in [6.07, 6.45) is 0. The highest BCUT2D eigenvalue weighted by Gasteiger charge is 2.12. The van der Waals surface area contributed by atoms with E-state index in [0.717, 1.165) is 4.47 Å². The molecule has 0 saturated heterocycles. The average molecular weight is 314 g/mol. The smallest absolute Gasteiger partial charge is 0.346 e. The SMILES string of the molecule is COc1cc(Br)cc2cc(C(N)=S)c(=O)oc12. The first kappa shape index (κ1) is 12.1. The zero-order valence-electron chi connectivity index (χ0n) is 8.82. The standard InChI is InChI=1S/C11H8BrNO3S/c1-15-8-4-6(12)2-5-3-7(10(13)17)11(14)16-9(5)8/h2-4H,1H3,(H2,13,17). The molecule has 4 nitrogen and oxygen atoms in total. The second kappa shape index (κ2) is 4.46. The van der Waals surface area contributed by atoms with Crippen LogP contribution in [0.1, 0.15) is 5.56 Å². The lowest BCUT2D eigenvalue weighted by Crippen LogP contribution is -2.19.